The molecule has 0 radical (unpaired) electrons. The predicted molar refractivity (Wildman–Crippen MR) is 138 cm³/mol. The Labute approximate surface area is 225 Å². The summed E-state index contributed by atoms with van der Waals surface area (Å²) in [5.74, 6) is -2.71. The Morgan fingerprint density at radius 1 is 1.24 bits per heavy atom. The third-order valence-electron chi connectivity index (χ3n) is 5.81. The SMILES string of the molecule is CC(NC(=O)[C@H]1C[C@H](Cc2ccccc2)CN1)C(=O)NCc1cnc2scc(Cl)c2c1.O=C(O)C(F)(F)F. The lowest BCUT2D eigenvalue weighted by molar-refractivity contribution is -0.192. The number of amides is 2. The minimum absolute atomic E-state index is 0.133. The monoisotopic (exact) mass is 570 g/mol. The highest BCUT2D eigenvalue weighted by atomic mass is 35.5. The van der Waals surface area contributed by atoms with Crippen LogP contribution in [-0.4, -0.2) is 52.7 Å². The topological polar surface area (TPSA) is 120 Å². The van der Waals surface area contributed by atoms with Crippen molar-refractivity contribution in [3.05, 3.63) is 64.1 Å². The summed E-state index contributed by atoms with van der Waals surface area (Å²) >= 11 is 7.65. The molecule has 1 aromatic carbocycles. The number of carbonyl (C=O) groups excluding carboxylic acids is 2. The lowest BCUT2D eigenvalue weighted by atomic mass is 9.96. The van der Waals surface area contributed by atoms with E-state index in [9.17, 15) is 22.8 Å². The van der Waals surface area contributed by atoms with E-state index in [1.54, 1.807) is 13.1 Å². The fourth-order valence-corrected chi connectivity index (χ4v) is 4.95. The maximum atomic E-state index is 12.6. The first kappa shape index (κ1) is 29.3. The Kier molecular flexibility index (Phi) is 10.1. The van der Waals surface area contributed by atoms with Crippen molar-refractivity contribution in [2.75, 3.05) is 6.54 Å². The number of hydrogen-bond acceptors (Lipinski definition) is 6. The van der Waals surface area contributed by atoms with E-state index in [4.69, 9.17) is 21.5 Å². The second-order valence-corrected chi connectivity index (χ2v) is 10.0. The molecule has 8 nitrogen and oxygen atoms in total. The van der Waals surface area contributed by atoms with Crippen LogP contribution < -0.4 is 16.0 Å². The maximum Gasteiger partial charge on any atom is 0.490 e. The van der Waals surface area contributed by atoms with Crippen molar-refractivity contribution in [3.8, 4) is 0 Å². The Bertz CT molecular complexity index is 1270. The van der Waals surface area contributed by atoms with Gasteiger partial charge in [0, 0.05) is 23.5 Å². The Morgan fingerprint density at radius 3 is 2.58 bits per heavy atom. The molecule has 0 aliphatic carbocycles. The number of fused-ring (bicyclic) bond motifs is 1. The van der Waals surface area contributed by atoms with Crippen LogP contribution in [0.4, 0.5) is 13.2 Å². The average Bonchev–Trinajstić information content (AvgIpc) is 3.49. The van der Waals surface area contributed by atoms with E-state index in [1.807, 2.05) is 29.6 Å². The average molecular weight is 571 g/mol. The number of alkyl halides is 3. The highest BCUT2D eigenvalue weighted by Crippen LogP contribution is 2.28. The van der Waals surface area contributed by atoms with Gasteiger partial charge in [-0.1, -0.05) is 41.9 Å². The molecular formula is C25H26ClF3N4O4S. The molecular weight excluding hydrogens is 545 g/mol. The van der Waals surface area contributed by atoms with Crippen molar-refractivity contribution in [3.63, 3.8) is 0 Å². The maximum absolute atomic E-state index is 12.6. The van der Waals surface area contributed by atoms with Gasteiger partial charge in [-0.05, 0) is 49.4 Å². The van der Waals surface area contributed by atoms with Crippen molar-refractivity contribution in [1.29, 1.82) is 0 Å². The van der Waals surface area contributed by atoms with Crippen LogP contribution in [0.5, 0.6) is 0 Å². The number of nitrogens with zero attached hydrogens (tertiary/aromatic N) is 1. The molecule has 4 rings (SSSR count). The number of nitrogens with one attached hydrogen (secondary N) is 3. The van der Waals surface area contributed by atoms with Gasteiger partial charge in [-0.15, -0.1) is 11.3 Å². The van der Waals surface area contributed by atoms with E-state index in [0.717, 1.165) is 35.2 Å². The summed E-state index contributed by atoms with van der Waals surface area (Å²) < 4.78 is 31.7. The molecule has 0 bridgehead atoms. The lowest BCUT2D eigenvalue weighted by Crippen LogP contribution is -2.49. The summed E-state index contributed by atoms with van der Waals surface area (Å²) in [6.45, 7) is 2.82. The van der Waals surface area contributed by atoms with E-state index in [-0.39, 0.29) is 17.9 Å². The van der Waals surface area contributed by atoms with Crippen molar-refractivity contribution < 1.29 is 32.7 Å². The fourth-order valence-electron chi connectivity index (χ4n) is 3.86. The molecule has 1 unspecified atom stereocenters. The van der Waals surface area contributed by atoms with Crippen molar-refractivity contribution >= 4 is 50.9 Å². The normalized spacial score (nSPS) is 17.8. The molecule has 1 aliphatic heterocycles. The van der Waals surface area contributed by atoms with Crippen LogP contribution in [0, 0.1) is 5.92 Å². The van der Waals surface area contributed by atoms with Gasteiger partial charge in [0.25, 0.3) is 0 Å². The predicted octanol–water partition coefficient (Wildman–Crippen LogP) is 3.92. The van der Waals surface area contributed by atoms with Crippen LogP contribution >= 0.6 is 22.9 Å². The zero-order chi connectivity index (χ0) is 27.9. The molecule has 1 fully saturated rings. The summed E-state index contributed by atoms with van der Waals surface area (Å²) in [5, 5.41) is 19.5. The van der Waals surface area contributed by atoms with E-state index >= 15 is 0 Å². The van der Waals surface area contributed by atoms with Gasteiger partial charge in [0.2, 0.25) is 11.8 Å². The molecule has 1 aliphatic rings. The standard InChI is InChI=1S/C23H25ClN4O2S.C2HF3O2/c1-14(21(29)26-11-17-8-18-19(24)13-31-23(18)27-12-17)28-22(30)20-9-16(10-25-20)7-15-5-3-2-4-6-15;3-2(4,5)1(6)7/h2-6,8,12-14,16,20,25H,7,9-11H2,1H3,(H,26,29)(H,28,30);(H,6,7)/t14?,16-,20+;/m0./s1. The van der Waals surface area contributed by atoms with Crippen molar-refractivity contribution in [2.24, 2.45) is 5.92 Å². The number of hydrogen-bond donors (Lipinski definition) is 4. The molecule has 0 spiro atoms. The van der Waals surface area contributed by atoms with Gasteiger partial charge in [-0.2, -0.15) is 13.2 Å². The molecule has 3 aromatic rings. The number of carboxylic acids is 1. The van der Waals surface area contributed by atoms with Gasteiger partial charge in [-0.25, -0.2) is 9.78 Å². The number of aromatic nitrogens is 1. The summed E-state index contributed by atoms with van der Waals surface area (Å²) in [4.78, 5) is 39.2. The Morgan fingerprint density at radius 2 is 1.92 bits per heavy atom. The Hall–Kier alpha value is -3.22. The van der Waals surface area contributed by atoms with E-state index in [2.05, 4.69) is 33.1 Å². The van der Waals surface area contributed by atoms with Crippen LogP contribution in [0.3, 0.4) is 0 Å². The van der Waals surface area contributed by atoms with Gasteiger partial charge in [0.1, 0.15) is 10.9 Å². The second kappa shape index (κ2) is 13.0. The summed E-state index contributed by atoms with van der Waals surface area (Å²) in [7, 11) is 0. The quantitative estimate of drug-likeness (QED) is 0.342. The third-order valence-corrected chi connectivity index (χ3v) is 7.15. The smallest absolute Gasteiger partial charge is 0.475 e. The minimum atomic E-state index is -5.08. The molecule has 3 atom stereocenters. The second-order valence-electron chi connectivity index (χ2n) is 8.78. The highest BCUT2D eigenvalue weighted by Gasteiger charge is 2.38. The first-order valence-corrected chi connectivity index (χ1v) is 12.9. The largest absolute Gasteiger partial charge is 0.490 e. The number of thiophene rings is 1. The van der Waals surface area contributed by atoms with E-state index in [1.165, 1.54) is 16.9 Å². The van der Waals surface area contributed by atoms with Crippen LogP contribution in [0.15, 0.2) is 48.0 Å². The molecule has 2 aromatic heterocycles. The number of benzene rings is 1. The lowest BCUT2D eigenvalue weighted by Gasteiger charge is -2.17. The molecule has 0 saturated carbocycles. The van der Waals surface area contributed by atoms with Gasteiger partial charge < -0.3 is 21.1 Å². The molecule has 204 valence electrons. The molecule has 4 N–H and O–H groups in total. The van der Waals surface area contributed by atoms with Gasteiger partial charge >= 0.3 is 12.1 Å². The van der Waals surface area contributed by atoms with E-state index < -0.39 is 18.2 Å². The molecule has 38 heavy (non-hydrogen) atoms. The number of rotatable bonds is 7. The zero-order valence-corrected chi connectivity index (χ0v) is 21.8. The first-order valence-electron chi connectivity index (χ1n) is 11.6. The van der Waals surface area contributed by atoms with Crippen LogP contribution in [0.1, 0.15) is 24.5 Å². The third kappa shape index (κ3) is 8.40. The summed E-state index contributed by atoms with van der Waals surface area (Å²) in [6.07, 6.45) is -1.64. The number of pyridine rings is 1. The van der Waals surface area contributed by atoms with Crippen LogP contribution in [0.2, 0.25) is 5.02 Å². The molecule has 13 heteroatoms. The number of halogens is 4. The number of aliphatic carboxylic acids is 1. The van der Waals surface area contributed by atoms with Gasteiger partial charge in [0.15, 0.2) is 0 Å². The van der Waals surface area contributed by atoms with Crippen molar-refractivity contribution in [2.45, 2.75) is 44.6 Å². The van der Waals surface area contributed by atoms with Crippen LogP contribution in [0.25, 0.3) is 10.2 Å². The molecule has 1 saturated heterocycles. The van der Waals surface area contributed by atoms with Crippen LogP contribution in [-0.2, 0) is 27.3 Å². The Balaban J connectivity index is 0.000000505. The fraction of sp³-hybridized carbons (Fsp3) is 0.360. The first-order chi connectivity index (χ1) is 17.9. The minimum Gasteiger partial charge on any atom is -0.475 e. The van der Waals surface area contributed by atoms with E-state index in [0.29, 0.717) is 17.5 Å². The number of carboxylic acid groups (broad SMARTS) is 1. The zero-order valence-electron chi connectivity index (χ0n) is 20.2. The molecule has 3 heterocycles. The highest BCUT2D eigenvalue weighted by molar-refractivity contribution is 7.17. The molecule has 2 amide bonds. The van der Waals surface area contributed by atoms with Gasteiger partial charge in [-0.3, -0.25) is 9.59 Å². The van der Waals surface area contributed by atoms with Crippen molar-refractivity contribution in [1.82, 2.24) is 20.9 Å². The number of carbonyl (C=O) groups is 3. The summed E-state index contributed by atoms with van der Waals surface area (Å²) in [6, 6.07) is 11.3. The van der Waals surface area contributed by atoms with Gasteiger partial charge in [0.05, 0.1) is 11.1 Å². The summed E-state index contributed by atoms with van der Waals surface area (Å²) in [5.41, 5.74) is 2.14.